The van der Waals surface area contributed by atoms with E-state index in [1.165, 1.54) is 22.5 Å². The molecule has 18 heavy (non-hydrogen) atoms. The molecule has 0 saturated carbocycles. The normalized spacial score (nSPS) is 20.7. The van der Waals surface area contributed by atoms with Crippen molar-refractivity contribution in [1.29, 1.82) is 0 Å². The molecule has 102 valence electrons. The van der Waals surface area contributed by atoms with Crippen LogP contribution in [0.1, 0.15) is 12.8 Å². The van der Waals surface area contributed by atoms with E-state index in [9.17, 15) is 12.8 Å². The molecule has 2 N–H and O–H groups in total. The van der Waals surface area contributed by atoms with Gasteiger partial charge in [-0.2, -0.15) is 4.31 Å². The van der Waals surface area contributed by atoms with Crippen LogP contribution in [-0.4, -0.2) is 31.9 Å². The van der Waals surface area contributed by atoms with E-state index in [1.54, 1.807) is 0 Å². The van der Waals surface area contributed by atoms with Crippen molar-refractivity contribution in [2.24, 2.45) is 5.73 Å². The summed E-state index contributed by atoms with van der Waals surface area (Å²) in [5.41, 5.74) is 5.55. The molecular formula is C11H16ClFN2O2S. The first-order chi connectivity index (χ1) is 8.05. The van der Waals surface area contributed by atoms with Crippen molar-refractivity contribution in [2.75, 3.05) is 13.1 Å². The maximum atomic E-state index is 13.1. The number of halogens is 2. The van der Waals surface area contributed by atoms with Gasteiger partial charge >= 0.3 is 0 Å². The van der Waals surface area contributed by atoms with E-state index in [0.717, 1.165) is 18.9 Å². The molecule has 0 aromatic heterocycles. The van der Waals surface area contributed by atoms with Crippen LogP contribution in [0, 0.1) is 5.82 Å². The number of nitrogens with zero attached hydrogens (tertiary/aromatic N) is 1. The van der Waals surface area contributed by atoms with Gasteiger partial charge in [0.2, 0.25) is 10.0 Å². The third kappa shape index (κ3) is 2.83. The molecule has 1 atom stereocenters. The second-order valence-corrected chi connectivity index (χ2v) is 6.00. The lowest BCUT2D eigenvalue weighted by molar-refractivity contribution is 0.393. The fourth-order valence-corrected chi connectivity index (χ4v) is 3.86. The fraction of sp³-hybridized carbons (Fsp3) is 0.455. The summed E-state index contributed by atoms with van der Waals surface area (Å²) in [5.74, 6) is -0.547. The first-order valence-electron chi connectivity index (χ1n) is 5.53. The van der Waals surface area contributed by atoms with E-state index in [0.29, 0.717) is 13.1 Å². The molecule has 0 aliphatic carbocycles. The molecule has 2 rings (SSSR count). The number of benzene rings is 1. The first kappa shape index (κ1) is 15.4. The lowest BCUT2D eigenvalue weighted by Gasteiger charge is -2.22. The fourth-order valence-electron chi connectivity index (χ4n) is 2.12. The zero-order valence-electron chi connectivity index (χ0n) is 9.75. The van der Waals surface area contributed by atoms with Crippen LogP contribution >= 0.6 is 12.4 Å². The van der Waals surface area contributed by atoms with Gasteiger partial charge in [-0.3, -0.25) is 0 Å². The van der Waals surface area contributed by atoms with E-state index in [1.807, 2.05) is 0 Å². The zero-order chi connectivity index (χ0) is 12.5. The Morgan fingerprint density at radius 1 is 1.44 bits per heavy atom. The molecule has 1 unspecified atom stereocenters. The molecule has 0 amide bonds. The highest BCUT2D eigenvalue weighted by Crippen LogP contribution is 2.25. The maximum absolute atomic E-state index is 13.1. The van der Waals surface area contributed by atoms with Gasteiger partial charge in [0.05, 0.1) is 4.90 Å². The Hall–Kier alpha value is -0.690. The maximum Gasteiger partial charge on any atom is 0.243 e. The van der Waals surface area contributed by atoms with E-state index < -0.39 is 15.8 Å². The number of rotatable bonds is 3. The van der Waals surface area contributed by atoms with Crippen molar-refractivity contribution in [1.82, 2.24) is 4.31 Å². The Bertz CT molecular complexity index is 510. The molecule has 1 aromatic rings. The summed E-state index contributed by atoms with van der Waals surface area (Å²) >= 11 is 0. The molecule has 0 radical (unpaired) electrons. The predicted molar refractivity (Wildman–Crippen MR) is 69.6 cm³/mol. The second-order valence-electron chi connectivity index (χ2n) is 4.10. The molecule has 0 spiro atoms. The molecule has 1 heterocycles. The van der Waals surface area contributed by atoms with Crippen molar-refractivity contribution >= 4 is 22.4 Å². The van der Waals surface area contributed by atoms with Crippen LogP contribution in [0.2, 0.25) is 0 Å². The quantitative estimate of drug-likeness (QED) is 0.915. The van der Waals surface area contributed by atoms with Crippen LogP contribution in [0.15, 0.2) is 29.2 Å². The molecule has 1 fully saturated rings. The molecule has 0 bridgehead atoms. The van der Waals surface area contributed by atoms with Gasteiger partial charge in [-0.1, -0.05) is 6.07 Å². The zero-order valence-corrected chi connectivity index (χ0v) is 11.4. The monoisotopic (exact) mass is 294 g/mol. The highest BCUT2D eigenvalue weighted by molar-refractivity contribution is 7.89. The minimum atomic E-state index is -3.61. The minimum absolute atomic E-state index is 0. The van der Waals surface area contributed by atoms with Crippen LogP contribution in [-0.2, 0) is 10.0 Å². The van der Waals surface area contributed by atoms with Crippen LogP contribution < -0.4 is 5.73 Å². The van der Waals surface area contributed by atoms with E-state index in [2.05, 4.69) is 0 Å². The first-order valence-corrected chi connectivity index (χ1v) is 6.97. The molecule has 1 saturated heterocycles. The molecule has 1 aliphatic heterocycles. The summed E-state index contributed by atoms with van der Waals surface area (Å²) in [6.45, 7) is 0.759. The van der Waals surface area contributed by atoms with Gasteiger partial charge in [-0.25, -0.2) is 12.8 Å². The molecule has 1 aliphatic rings. The Morgan fingerprint density at radius 2 is 2.17 bits per heavy atom. The van der Waals surface area contributed by atoms with E-state index in [4.69, 9.17) is 5.73 Å². The Kier molecular flexibility index (Phi) is 5.10. The third-order valence-electron chi connectivity index (χ3n) is 3.00. The van der Waals surface area contributed by atoms with Crippen LogP contribution in [0.4, 0.5) is 4.39 Å². The van der Waals surface area contributed by atoms with Gasteiger partial charge in [0.15, 0.2) is 0 Å². The summed E-state index contributed by atoms with van der Waals surface area (Å²) in [6.07, 6.45) is 1.57. The van der Waals surface area contributed by atoms with E-state index >= 15 is 0 Å². The van der Waals surface area contributed by atoms with Crippen LogP contribution in [0.25, 0.3) is 0 Å². The van der Waals surface area contributed by atoms with Crippen molar-refractivity contribution in [3.05, 3.63) is 30.1 Å². The van der Waals surface area contributed by atoms with Crippen molar-refractivity contribution in [3.8, 4) is 0 Å². The summed E-state index contributed by atoms with van der Waals surface area (Å²) < 4.78 is 39.0. The standard InChI is InChI=1S/C11H15FN2O2S.ClH/c12-9-3-1-5-11(7-9)17(15,16)14-6-2-4-10(14)8-13;/h1,3,5,7,10H,2,4,6,8,13H2;1H. The van der Waals surface area contributed by atoms with Gasteiger partial charge in [-0.05, 0) is 31.0 Å². The van der Waals surface area contributed by atoms with Crippen LogP contribution in [0.3, 0.4) is 0 Å². The van der Waals surface area contributed by atoms with Gasteiger partial charge in [0.25, 0.3) is 0 Å². The van der Waals surface area contributed by atoms with Gasteiger partial charge in [0, 0.05) is 19.1 Å². The summed E-state index contributed by atoms with van der Waals surface area (Å²) in [7, 11) is -3.61. The number of nitrogens with two attached hydrogens (primary N) is 1. The highest BCUT2D eigenvalue weighted by Gasteiger charge is 2.34. The Balaban J connectivity index is 0.00000162. The summed E-state index contributed by atoms with van der Waals surface area (Å²) in [5, 5.41) is 0. The second kappa shape index (κ2) is 5.97. The van der Waals surface area contributed by atoms with Gasteiger partial charge in [0.1, 0.15) is 5.82 Å². The van der Waals surface area contributed by atoms with Crippen LogP contribution in [0.5, 0.6) is 0 Å². The van der Waals surface area contributed by atoms with E-state index in [-0.39, 0.29) is 23.3 Å². The smallest absolute Gasteiger partial charge is 0.243 e. The topological polar surface area (TPSA) is 63.4 Å². The predicted octanol–water partition coefficient (Wildman–Crippen LogP) is 1.36. The highest BCUT2D eigenvalue weighted by atomic mass is 35.5. The van der Waals surface area contributed by atoms with Crippen molar-refractivity contribution < 1.29 is 12.8 Å². The molecule has 1 aromatic carbocycles. The lowest BCUT2D eigenvalue weighted by atomic mass is 10.2. The van der Waals surface area contributed by atoms with Gasteiger partial charge in [-0.15, -0.1) is 12.4 Å². The molecular weight excluding hydrogens is 279 g/mol. The third-order valence-corrected chi connectivity index (χ3v) is 4.95. The average molecular weight is 295 g/mol. The molecule has 4 nitrogen and oxygen atoms in total. The Morgan fingerprint density at radius 3 is 2.78 bits per heavy atom. The largest absolute Gasteiger partial charge is 0.329 e. The minimum Gasteiger partial charge on any atom is -0.329 e. The number of sulfonamides is 1. The van der Waals surface area contributed by atoms with Gasteiger partial charge < -0.3 is 5.73 Å². The SMILES string of the molecule is Cl.NCC1CCCN1S(=O)(=O)c1cccc(F)c1. The average Bonchev–Trinajstić information content (AvgIpc) is 2.77. The summed E-state index contributed by atoms with van der Waals surface area (Å²) in [6, 6.07) is 4.91. The number of hydrogen-bond donors (Lipinski definition) is 1. The summed E-state index contributed by atoms with van der Waals surface area (Å²) in [4.78, 5) is -0.00199. The Labute approximate surface area is 112 Å². The van der Waals surface area contributed by atoms with Crippen molar-refractivity contribution in [2.45, 2.75) is 23.8 Å². The lowest BCUT2D eigenvalue weighted by Crippen LogP contribution is -2.39. The molecule has 7 heteroatoms. The van der Waals surface area contributed by atoms with Crippen molar-refractivity contribution in [3.63, 3.8) is 0 Å². The number of hydrogen-bond acceptors (Lipinski definition) is 3.